The minimum Gasteiger partial charge on any atom is -0.355 e. The molecule has 0 unspecified atom stereocenters. The summed E-state index contributed by atoms with van der Waals surface area (Å²) < 4.78 is 0. The molecule has 1 amide bonds. The monoisotopic (exact) mass is 356 g/mol. The summed E-state index contributed by atoms with van der Waals surface area (Å²) in [5, 5.41) is 25.8. The minimum absolute atomic E-state index is 0.165. The molecular weight excluding hydrogens is 344 g/mol. The molecule has 25 heavy (non-hydrogen) atoms. The van der Waals surface area contributed by atoms with Crippen LogP contribution in [-0.2, 0) is 4.79 Å². The van der Waals surface area contributed by atoms with Gasteiger partial charge in [-0.15, -0.1) is 0 Å². The molecule has 126 valence electrons. The summed E-state index contributed by atoms with van der Waals surface area (Å²) in [5.41, 5.74) is 1.06. The summed E-state index contributed by atoms with van der Waals surface area (Å²) in [4.78, 5) is 22.6. The van der Waals surface area contributed by atoms with Crippen LogP contribution in [0.4, 0.5) is 17.1 Å². The number of rotatable bonds is 5. The van der Waals surface area contributed by atoms with Crippen molar-refractivity contribution in [3.05, 3.63) is 74.9 Å². The third-order valence-corrected chi connectivity index (χ3v) is 3.67. The zero-order valence-electron chi connectivity index (χ0n) is 13.1. The van der Waals surface area contributed by atoms with Gasteiger partial charge < -0.3 is 10.6 Å². The molecule has 2 rings (SSSR count). The molecule has 0 spiro atoms. The maximum absolute atomic E-state index is 12.2. The van der Waals surface area contributed by atoms with Crippen LogP contribution in [0, 0.1) is 28.4 Å². The molecule has 8 heteroatoms. The Labute approximate surface area is 148 Å². The number of amides is 1. The van der Waals surface area contributed by atoms with E-state index in [0.717, 1.165) is 11.8 Å². The second kappa shape index (κ2) is 7.95. The van der Waals surface area contributed by atoms with E-state index in [1.807, 2.05) is 6.92 Å². The van der Waals surface area contributed by atoms with Gasteiger partial charge in [0.15, 0.2) is 0 Å². The second-order valence-corrected chi connectivity index (χ2v) is 5.41. The number of nitro groups is 1. The topological polar surface area (TPSA) is 108 Å². The Balaban J connectivity index is 2.17. The van der Waals surface area contributed by atoms with E-state index in [0.29, 0.717) is 10.7 Å². The molecule has 2 aromatic rings. The van der Waals surface area contributed by atoms with E-state index >= 15 is 0 Å². The number of anilines is 2. The largest absolute Gasteiger partial charge is 0.355 e. The van der Waals surface area contributed by atoms with Gasteiger partial charge in [0.25, 0.3) is 11.6 Å². The van der Waals surface area contributed by atoms with Gasteiger partial charge in [-0.25, -0.2) is 0 Å². The third-order valence-electron chi connectivity index (χ3n) is 3.27. The van der Waals surface area contributed by atoms with E-state index in [2.05, 4.69) is 10.6 Å². The molecule has 0 fully saturated rings. The van der Waals surface area contributed by atoms with Gasteiger partial charge in [-0.1, -0.05) is 29.8 Å². The predicted octanol–water partition coefficient (Wildman–Crippen LogP) is 4.01. The van der Waals surface area contributed by atoms with E-state index in [9.17, 15) is 14.9 Å². The fraction of sp³-hybridized carbons (Fsp3) is 0.0588. The number of hydrogen-bond acceptors (Lipinski definition) is 5. The van der Waals surface area contributed by atoms with Crippen molar-refractivity contribution in [2.75, 3.05) is 10.6 Å². The summed E-state index contributed by atoms with van der Waals surface area (Å²) >= 11 is 5.99. The van der Waals surface area contributed by atoms with Crippen molar-refractivity contribution in [2.24, 2.45) is 0 Å². The minimum atomic E-state index is -0.659. The summed E-state index contributed by atoms with van der Waals surface area (Å²) in [6.07, 6.45) is 1.12. The second-order valence-electron chi connectivity index (χ2n) is 5.01. The SMILES string of the molecule is Cc1ccc(NC(=O)/C(C#N)=C\Nc2ccccc2[N+](=O)[O-])cc1Cl. The zero-order valence-corrected chi connectivity index (χ0v) is 13.9. The highest BCUT2D eigenvalue weighted by molar-refractivity contribution is 6.31. The number of carbonyl (C=O) groups is 1. The standard InChI is InChI=1S/C17H13ClN4O3/c1-11-6-7-13(8-14(11)18)21-17(23)12(9-19)10-20-15-4-2-3-5-16(15)22(24)25/h2-8,10,20H,1H3,(H,21,23)/b12-10-. The first-order valence-electron chi connectivity index (χ1n) is 7.10. The molecule has 0 aromatic heterocycles. The van der Waals surface area contributed by atoms with E-state index in [4.69, 9.17) is 16.9 Å². The summed E-state index contributed by atoms with van der Waals surface area (Å²) in [5.74, 6) is -0.659. The molecule has 0 aliphatic heterocycles. The van der Waals surface area contributed by atoms with Crippen LogP contribution < -0.4 is 10.6 Å². The summed E-state index contributed by atoms with van der Waals surface area (Å²) in [7, 11) is 0. The average molecular weight is 357 g/mol. The van der Waals surface area contributed by atoms with Crippen LogP contribution in [0.15, 0.2) is 54.2 Å². The number of nitrogens with one attached hydrogen (secondary N) is 2. The maximum atomic E-state index is 12.2. The van der Waals surface area contributed by atoms with Crippen LogP contribution in [-0.4, -0.2) is 10.8 Å². The molecule has 0 radical (unpaired) electrons. The number of nitriles is 1. The zero-order chi connectivity index (χ0) is 18.4. The summed E-state index contributed by atoms with van der Waals surface area (Å²) in [6.45, 7) is 1.82. The average Bonchev–Trinajstić information content (AvgIpc) is 2.59. The van der Waals surface area contributed by atoms with Crippen molar-refractivity contribution in [1.29, 1.82) is 5.26 Å². The molecular formula is C17H13ClN4O3. The van der Waals surface area contributed by atoms with E-state index in [1.54, 1.807) is 30.3 Å². The number of benzene rings is 2. The lowest BCUT2D eigenvalue weighted by molar-refractivity contribution is -0.383. The van der Waals surface area contributed by atoms with Crippen molar-refractivity contribution < 1.29 is 9.72 Å². The van der Waals surface area contributed by atoms with E-state index in [-0.39, 0.29) is 16.9 Å². The number of halogens is 1. The molecule has 0 heterocycles. The fourth-order valence-corrected chi connectivity index (χ4v) is 2.10. The molecule has 0 bridgehead atoms. The molecule has 7 nitrogen and oxygen atoms in total. The van der Waals surface area contributed by atoms with Gasteiger partial charge in [0.2, 0.25) is 0 Å². The van der Waals surface area contributed by atoms with Crippen LogP contribution in [0.2, 0.25) is 5.02 Å². The highest BCUT2D eigenvalue weighted by Gasteiger charge is 2.13. The van der Waals surface area contributed by atoms with Crippen LogP contribution >= 0.6 is 11.6 Å². The van der Waals surface area contributed by atoms with E-state index in [1.165, 1.54) is 18.2 Å². The normalized spacial score (nSPS) is 10.7. The molecule has 2 aromatic carbocycles. The maximum Gasteiger partial charge on any atom is 0.292 e. The van der Waals surface area contributed by atoms with Gasteiger partial charge in [-0.2, -0.15) is 5.26 Å². The molecule has 0 aliphatic carbocycles. The van der Waals surface area contributed by atoms with Crippen LogP contribution in [0.1, 0.15) is 5.56 Å². The molecule has 0 atom stereocenters. The molecule has 2 N–H and O–H groups in total. The molecule has 0 aliphatic rings. The van der Waals surface area contributed by atoms with Crippen molar-refractivity contribution in [3.63, 3.8) is 0 Å². The first kappa shape index (κ1) is 18.0. The molecule has 0 saturated carbocycles. The quantitative estimate of drug-likeness (QED) is 0.364. The first-order chi connectivity index (χ1) is 11.9. The lowest BCUT2D eigenvalue weighted by Crippen LogP contribution is -2.14. The Kier molecular flexibility index (Phi) is 5.71. The first-order valence-corrected chi connectivity index (χ1v) is 7.48. The Morgan fingerprint density at radius 1 is 1.32 bits per heavy atom. The number of nitrogens with zero attached hydrogens (tertiary/aromatic N) is 2. The highest BCUT2D eigenvalue weighted by atomic mass is 35.5. The smallest absolute Gasteiger partial charge is 0.292 e. The Morgan fingerprint density at radius 2 is 2.04 bits per heavy atom. The van der Waals surface area contributed by atoms with Gasteiger partial charge in [0, 0.05) is 23.0 Å². The van der Waals surface area contributed by atoms with Crippen molar-refractivity contribution in [2.45, 2.75) is 6.92 Å². The van der Waals surface area contributed by atoms with E-state index < -0.39 is 10.8 Å². The number of carbonyl (C=O) groups excluding carboxylic acids is 1. The van der Waals surface area contributed by atoms with Gasteiger partial charge in [-0.3, -0.25) is 14.9 Å². The van der Waals surface area contributed by atoms with Crippen molar-refractivity contribution >= 4 is 34.6 Å². The number of para-hydroxylation sites is 2. The van der Waals surface area contributed by atoms with Crippen LogP contribution in [0.25, 0.3) is 0 Å². The third kappa shape index (κ3) is 4.56. The van der Waals surface area contributed by atoms with Gasteiger partial charge >= 0.3 is 0 Å². The van der Waals surface area contributed by atoms with Gasteiger partial charge in [-0.05, 0) is 30.7 Å². The van der Waals surface area contributed by atoms with Gasteiger partial charge in [0.1, 0.15) is 17.3 Å². The Bertz CT molecular complexity index is 903. The number of hydrogen-bond donors (Lipinski definition) is 2. The predicted molar refractivity (Wildman–Crippen MR) is 95.2 cm³/mol. The van der Waals surface area contributed by atoms with Crippen molar-refractivity contribution in [3.8, 4) is 6.07 Å². The Hall–Kier alpha value is -3.37. The lowest BCUT2D eigenvalue weighted by Gasteiger charge is -2.07. The highest BCUT2D eigenvalue weighted by Crippen LogP contribution is 2.23. The molecule has 0 saturated heterocycles. The fourth-order valence-electron chi connectivity index (χ4n) is 1.92. The number of nitro benzene ring substituents is 1. The number of aryl methyl sites for hydroxylation is 1. The lowest BCUT2D eigenvalue weighted by atomic mass is 10.2. The van der Waals surface area contributed by atoms with Crippen LogP contribution in [0.3, 0.4) is 0 Å². The van der Waals surface area contributed by atoms with Crippen molar-refractivity contribution in [1.82, 2.24) is 0 Å². The Morgan fingerprint density at radius 3 is 2.68 bits per heavy atom. The summed E-state index contributed by atoms with van der Waals surface area (Å²) in [6, 6.07) is 12.6. The van der Waals surface area contributed by atoms with Crippen LogP contribution in [0.5, 0.6) is 0 Å². The van der Waals surface area contributed by atoms with Gasteiger partial charge in [0.05, 0.1) is 4.92 Å².